The quantitative estimate of drug-likeness (QED) is 0.589. The molecule has 0 radical (unpaired) electrons. The lowest BCUT2D eigenvalue weighted by atomic mass is 10.1. The van der Waals surface area contributed by atoms with E-state index in [2.05, 4.69) is 38.3 Å². The summed E-state index contributed by atoms with van der Waals surface area (Å²) in [6, 6.07) is 0.599. The third kappa shape index (κ3) is 8.51. The van der Waals surface area contributed by atoms with Gasteiger partial charge in [-0.05, 0) is 33.6 Å². The standard InChI is InChI=1S/C15H32N2O/c1-6-8-9-11-13(4)16-14(5)15(18)17-12(3)10-7-2/h12-14,16H,6-11H2,1-5H3,(H,17,18). The first-order chi connectivity index (χ1) is 8.51. The lowest BCUT2D eigenvalue weighted by molar-refractivity contribution is -0.123. The second kappa shape index (κ2) is 10.4. The SMILES string of the molecule is CCCCCC(C)NC(C)C(=O)NC(C)CCC. The summed E-state index contributed by atoms with van der Waals surface area (Å²) in [4.78, 5) is 11.9. The summed E-state index contributed by atoms with van der Waals surface area (Å²) < 4.78 is 0. The summed E-state index contributed by atoms with van der Waals surface area (Å²) in [5, 5.41) is 6.43. The Morgan fingerprint density at radius 3 is 2.17 bits per heavy atom. The number of nitrogens with one attached hydrogen (secondary N) is 2. The Labute approximate surface area is 113 Å². The molecule has 0 rings (SSSR count). The van der Waals surface area contributed by atoms with Crippen molar-refractivity contribution in [1.82, 2.24) is 10.6 Å². The molecule has 18 heavy (non-hydrogen) atoms. The van der Waals surface area contributed by atoms with Gasteiger partial charge in [0, 0.05) is 12.1 Å². The minimum absolute atomic E-state index is 0.0964. The van der Waals surface area contributed by atoms with Gasteiger partial charge in [-0.3, -0.25) is 4.79 Å². The third-order valence-corrected chi connectivity index (χ3v) is 3.28. The van der Waals surface area contributed by atoms with E-state index in [-0.39, 0.29) is 18.0 Å². The molecule has 0 heterocycles. The maximum absolute atomic E-state index is 11.9. The molecule has 3 atom stereocenters. The molecule has 0 aromatic heterocycles. The largest absolute Gasteiger partial charge is 0.352 e. The van der Waals surface area contributed by atoms with E-state index in [4.69, 9.17) is 0 Å². The molecule has 0 saturated carbocycles. The van der Waals surface area contributed by atoms with Crippen molar-refractivity contribution in [2.45, 2.75) is 91.3 Å². The van der Waals surface area contributed by atoms with Crippen molar-refractivity contribution < 1.29 is 4.79 Å². The van der Waals surface area contributed by atoms with Gasteiger partial charge in [0.25, 0.3) is 0 Å². The lowest BCUT2D eigenvalue weighted by Crippen LogP contribution is -2.48. The molecule has 0 aromatic carbocycles. The van der Waals surface area contributed by atoms with Crippen molar-refractivity contribution in [3.8, 4) is 0 Å². The van der Waals surface area contributed by atoms with Crippen LogP contribution >= 0.6 is 0 Å². The highest BCUT2D eigenvalue weighted by molar-refractivity contribution is 5.81. The minimum Gasteiger partial charge on any atom is -0.352 e. The number of carbonyl (C=O) groups excluding carboxylic acids is 1. The van der Waals surface area contributed by atoms with Gasteiger partial charge in [-0.25, -0.2) is 0 Å². The molecular formula is C15H32N2O. The Balaban J connectivity index is 3.84. The van der Waals surface area contributed by atoms with Gasteiger partial charge in [0.15, 0.2) is 0 Å². The molecule has 2 N–H and O–H groups in total. The molecule has 0 aromatic rings. The second-order valence-electron chi connectivity index (χ2n) is 5.48. The summed E-state index contributed by atoms with van der Waals surface area (Å²) in [6.07, 6.45) is 7.07. The average molecular weight is 256 g/mol. The Hall–Kier alpha value is -0.570. The normalized spacial score (nSPS) is 16.1. The highest BCUT2D eigenvalue weighted by Crippen LogP contribution is 2.04. The van der Waals surface area contributed by atoms with E-state index < -0.39 is 0 Å². The van der Waals surface area contributed by atoms with Crippen LogP contribution in [0.4, 0.5) is 0 Å². The highest BCUT2D eigenvalue weighted by atomic mass is 16.2. The van der Waals surface area contributed by atoms with Crippen molar-refractivity contribution in [2.75, 3.05) is 0 Å². The Morgan fingerprint density at radius 1 is 0.944 bits per heavy atom. The van der Waals surface area contributed by atoms with Crippen LogP contribution in [-0.2, 0) is 4.79 Å². The van der Waals surface area contributed by atoms with Gasteiger partial charge in [0.1, 0.15) is 0 Å². The van der Waals surface area contributed by atoms with E-state index in [1.165, 1.54) is 19.3 Å². The van der Waals surface area contributed by atoms with Crippen molar-refractivity contribution >= 4 is 5.91 Å². The van der Waals surface area contributed by atoms with Gasteiger partial charge < -0.3 is 10.6 Å². The fraction of sp³-hybridized carbons (Fsp3) is 0.933. The van der Waals surface area contributed by atoms with Crippen LogP contribution in [0.3, 0.4) is 0 Å². The third-order valence-electron chi connectivity index (χ3n) is 3.28. The molecule has 0 aliphatic carbocycles. The number of carbonyl (C=O) groups is 1. The zero-order valence-corrected chi connectivity index (χ0v) is 12.9. The van der Waals surface area contributed by atoms with E-state index in [9.17, 15) is 4.79 Å². The molecule has 3 heteroatoms. The lowest BCUT2D eigenvalue weighted by Gasteiger charge is -2.21. The fourth-order valence-corrected chi connectivity index (χ4v) is 2.16. The van der Waals surface area contributed by atoms with Crippen LogP contribution in [0.15, 0.2) is 0 Å². The predicted octanol–water partition coefficient (Wildman–Crippen LogP) is 3.24. The molecule has 108 valence electrons. The van der Waals surface area contributed by atoms with Gasteiger partial charge in [-0.1, -0.05) is 39.5 Å². The molecular weight excluding hydrogens is 224 g/mol. The fourth-order valence-electron chi connectivity index (χ4n) is 2.16. The van der Waals surface area contributed by atoms with Crippen LogP contribution in [0.2, 0.25) is 0 Å². The van der Waals surface area contributed by atoms with Crippen molar-refractivity contribution in [3.63, 3.8) is 0 Å². The van der Waals surface area contributed by atoms with E-state index in [1.807, 2.05) is 6.92 Å². The zero-order chi connectivity index (χ0) is 14.0. The molecule has 3 unspecified atom stereocenters. The van der Waals surface area contributed by atoms with Crippen LogP contribution in [0.25, 0.3) is 0 Å². The van der Waals surface area contributed by atoms with Crippen molar-refractivity contribution in [1.29, 1.82) is 0 Å². The van der Waals surface area contributed by atoms with Gasteiger partial charge in [-0.2, -0.15) is 0 Å². The van der Waals surface area contributed by atoms with E-state index in [0.717, 1.165) is 19.3 Å². The summed E-state index contributed by atoms with van der Waals surface area (Å²) in [7, 11) is 0. The van der Waals surface area contributed by atoms with Crippen molar-refractivity contribution in [2.24, 2.45) is 0 Å². The number of unbranched alkanes of at least 4 members (excludes halogenated alkanes) is 2. The number of hydrogen-bond donors (Lipinski definition) is 2. The molecule has 3 nitrogen and oxygen atoms in total. The van der Waals surface area contributed by atoms with Crippen molar-refractivity contribution in [3.05, 3.63) is 0 Å². The van der Waals surface area contributed by atoms with Crippen LogP contribution in [0, 0.1) is 0 Å². The molecule has 0 bridgehead atoms. The van der Waals surface area contributed by atoms with E-state index in [1.54, 1.807) is 0 Å². The Kier molecular flexibility index (Phi) is 10.0. The number of hydrogen-bond acceptors (Lipinski definition) is 2. The van der Waals surface area contributed by atoms with E-state index >= 15 is 0 Å². The van der Waals surface area contributed by atoms with Gasteiger partial charge in [-0.15, -0.1) is 0 Å². The van der Waals surface area contributed by atoms with Gasteiger partial charge in [0.2, 0.25) is 5.91 Å². The molecule has 0 aliphatic rings. The Morgan fingerprint density at radius 2 is 1.61 bits per heavy atom. The van der Waals surface area contributed by atoms with Gasteiger partial charge >= 0.3 is 0 Å². The minimum atomic E-state index is -0.0964. The molecule has 0 spiro atoms. The van der Waals surface area contributed by atoms with Crippen LogP contribution < -0.4 is 10.6 Å². The number of rotatable bonds is 10. The first-order valence-corrected chi connectivity index (χ1v) is 7.57. The average Bonchev–Trinajstić information content (AvgIpc) is 2.29. The maximum Gasteiger partial charge on any atom is 0.237 e. The molecule has 0 saturated heterocycles. The zero-order valence-electron chi connectivity index (χ0n) is 12.9. The van der Waals surface area contributed by atoms with E-state index in [0.29, 0.717) is 6.04 Å². The topological polar surface area (TPSA) is 41.1 Å². The van der Waals surface area contributed by atoms with Gasteiger partial charge in [0.05, 0.1) is 6.04 Å². The first kappa shape index (κ1) is 17.4. The highest BCUT2D eigenvalue weighted by Gasteiger charge is 2.16. The molecule has 1 amide bonds. The summed E-state index contributed by atoms with van der Waals surface area (Å²) in [5.41, 5.74) is 0. The maximum atomic E-state index is 11.9. The Bertz CT molecular complexity index is 219. The summed E-state index contributed by atoms with van der Waals surface area (Å²) >= 11 is 0. The second-order valence-corrected chi connectivity index (χ2v) is 5.48. The van der Waals surface area contributed by atoms with Crippen LogP contribution in [0.1, 0.15) is 73.1 Å². The smallest absolute Gasteiger partial charge is 0.237 e. The first-order valence-electron chi connectivity index (χ1n) is 7.57. The van der Waals surface area contributed by atoms with Crippen LogP contribution in [-0.4, -0.2) is 24.0 Å². The van der Waals surface area contributed by atoms with Crippen LogP contribution in [0.5, 0.6) is 0 Å². The monoisotopic (exact) mass is 256 g/mol. The summed E-state index contributed by atoms with van der Waals surface area (Å²) in [5.74, 6) is 0.123. The molecule has 0 aliphatic heterocycles. The summed E-state index contributed by atoms with van der Waals surface area (Å²) in [6.45, 7) is 10.5. The molecule has 0 fully saturated rings. The number of amides is 1. The predicted molar refractivity (Wildman–Crippen MR) is 78.7 cm³/mol.